The molecule has 0 N–H and O–H groups in total. The fourth-order valence-corrected chi connectivity index (χ4v) is 2.91. The molecule has 0 aliphatic heterocycles. The maximum atomic E-state index is 12.1. The molecule has 0 spiro atoms. The molecule has 4 heteroatoms. The summed E-state index contributed by atoms with van der Waals surface area (Å²) in [5, 5.41) is -0.478. The summed E-state index contributed by atoms with van der Waals surface area (Å²) >= 11 is 5.91. The van der Waals surface area contributed by atoms with Crippen LogP contribution >= 0.6 is 11.6 Å². The molecule has 1 fully saturated rings. The minimum atomic E-state index is -0.478. The smallest absolute Gasteiger partial charge is 0.182 e. The molecular weight excluding hydrogens is 262 g/mol. The number of carbonyl (C=O) groups excluding carboxylic acids is 1. The van der Waals surface area contributed by atoms with Crippen LogP contribution in [-0.2, 0) is 11.3 Å². The quantitative estimate of drug-likeness (QED) is 0.612. The van der Waals surface area contributed by atoms with Gasteiger partial charge in [-0.2, -0.15) is 0 Å². The fraction of sp³-hybridized carbons (Fsp3) is 0.667. The zero-order valence-corrected chi connectivity index (χ0v) is 12.9. The summed E-state index contributed by atoms with van der Waals surface area (Å²) in [6.45, 7) is 6.57. The Hall–Kier alpha value is -0.800. The zero-order valence-electron chi connectivity index (χ0n) is 12.1. The highest BCUT2D eigenvalue weighted by atomic mass is 35.5. The highest BCUT2D eigenvalue weighted by molar-refractivity contribution is 6.33. The number of ether oxygens (including phenoxy) is 1. The summed E-state index contributed by atoms with van der Waals surface area (Å²) in [7, 11) is 1.78. The molecule has 1 atom stereocenters. The van der Waals surface area contributed by atoms with Gasteiger partial charge in [0.2, 0.25) is 0 Å². The molecule has 1 saturated carbocycles. The van der Waals surface area contributed by atoms with E-state index in [1.54, 1.807) is 14.0 Å². The second-order valence-electron chi connectivity index (χ2n) is 5.59. The number of carbonyl (C=O) groups is 1. The van der Waals surface area contributed by atoms with Gasteiger partial charge >= 0.3 is 0 Å². The van der Waals surface area contributed by atoms with Crippen molar-refractivity contribution in [3.63, 3.8) is 0 Å². The van der Waals surface area contributed by atoms with E-state index in [9.17, 15) is 4.79 Å². The van der Waals surface area contributed by atoms with E-state index in [2.05, 4.69) is 4.57 Å². The number of alkyl halides is 1. The Labute approximate surface area is 119 Å². The van der Waals surface area contributed by atoms with Crippen molar-refractivity contribution in [2.24, 2.45) is 0 Å². The SMILES string of the molecule is COC1(Cn2c(C)cc(C(=O)C(C)Cl)c2C)CCC1. The van der Waals surface area contributed by atoms with E-state index in [1.165, 1.54) is 6.42 Å². The third-order valence-corrected chi connectivity index (χ3v) is 4.54. The molecule has 1 heterocycles. The molecule has 3 nitrogen and oxygen atoms in total. The van der Waals surface area contributed by atoms with Crippen LogP contribution in [0.5, 0.6) is 0 Å². The maximum absolute atomic E-state index is 12.1. The number of nitrogens with zero attached hydrogens (tertiary/aromatic N) is 1. The van der Waals surface area contributed by atoms with Crippen molar-refractivity contribution in [3.8, 4) is 0 Å². The van der Waals surface area contributed by atoms with E-state index in [1.807, 2.05) is 19.9 Å². The summed E-state index contributed by atoms with van der Waals surface area (Å²) in [4.78, 5) is 12.1. The van der Waals surface area contributed by atoms with Crippen molar-refractivity contribution in [2.45, 2.75) is 57.6 Å². The number of halogens is 1. The molecule has 1 aliphatic carbocycles. The van der Waals surface area contributed by atoms with Crippen LogP contribution in [0.1, 0.15) is 47.9 Å². The van der Waals surface area contributed by atoms with Gasteiger partial charge in [-0.05, 0) is 46.1 Å². The molecule has 1 aromatic heterocycles. The predicted octanol–water partition coefficient (Wildman–Crippen LogP) is 3.48. The van der Waals surface area contributed by atoms with Gasteiger partial charge in [-0.3, -0.25) is 4.79 Å². The van der Waals surface area contributed by atoms with Gasteiger partial charge in [0.25, 0.3) is 0 Å². The van der Waals surface area contributed by atoms with Gasteiger partial charge in [-0.1, -0.05) is 0 Å². The first-order valence-electron chi connectivity index (χ1n) is 6.80. The molecule has 0 aromatic carbocycles. The standard InChI is InChI=1S/C15H22ClNO2/c1-10-8-13(14(18)11(2)16)12(3)17(10)9-15(19-4)6-5-7-15/h8,11H,5-7,9H2,1-4H3. The topological polar surface area (TPSA) is 31.2 Å². The van der Waals surface area contributed by atoms with E-state index in [4.69, 9.17) is 16.3 Å². The number of aryl methyl sites for hydroxylation is 1. The zero-order chi connectivity index (χ0) is 14.2. The largest absolute Gasteiger partial charge is 0.376 e. The van der Waals surface area contributed by atoms with E-state index >= 15 is 0 Å². The minimum absolute atomic E-state index is 0.00101. The number of ketones is 1. The molecule has 1 aliphatic rings. The second-order valence-corrected chi connectivity index (χ2v) is 6.25. The lowest BCUT2D eigenvalue weighted by atomic mass is 9.80. The van der Waals surface area contributed by atoms with Crippen LogP contribution in [0.3, 0.4) is 0 Å². The molecule has 0 saturated heterocycles. The van der Waals surface area contributed by atoms with Crippen LogP contribution < -0.4 is 0 Å². The van der Waals surface area contributed by atoms with Gasteiger partial charge in [-0.25, -0.2) is 0 Å². The van der Waals surface area contributed by atoms with E-state index in [-0.39, 0.29) is 11.4 Å². The van der Waals surface area contributed by atoms with Crippen LogP contribution in [0.15, 0.2) is 6.07 Å². The van der Waals surface area contributed by atoms with Crippen molar-refractivity contribution in [1.29, 1.82) is 0 Å². The van der Waals surface area contributed by atoms with Gasteiger partial charge in [0.1, 0.15) is 0 Å². The van der Waals surface area contributed by atoms with E-state index < -0.39 is 5.38 Å². The van der Waals surface area contributed by atoms with Crippen molar-refractivity contribution in [2.75, 3.05) is 7.11 Å². The van der Waals surface area contributed by atoms with Crippen LogP contribution in [0, 0.1) is 13.8 Å². The van der Waals surface area contributed by atoms with Crippen molar-refractivity contribution < 1.29 is 9.53 Å². The van der Waals surface area contributed by atoms with Crippen molar-refractivity contribution in [3.05, 3.63) is 23.0 Å². The number of rotatable bonds is 5. The molecule has 2 rings (SSSR count). The molecule has 0 radical (unpaired) electrons. The fourth-order valence-electron chi connectivity index (χ4n) is 2.79. The Morgan fingerprint density at radius 3 is 2.58 bits per heavy atom. The summed E-state index contributed by atoms with van der Waals surface area (Å²) in [5.41, 5.74) is 2.80. The summed E-state index contributed by atoms with van der Waals surface area (Å²) in [6.07, 6.45) is 3.41. The van der Waals surface area contributed by atoms with Crippen LogP contribution in [0.4, 0.5) is 0 Å². The van der Waals surface area contributed by atoms with Crippen LogP contribution in [-0.4, -0.2) is 28.4 Å². The third-order valence-electron chi connectivity index (χ3n) is 4.34. The summed E-state index contributed by atoms with van der Waals surface area (Å²) in [5.74, 6) is 0.00101. The Bertz CT molecular complexity index is 481. The lowest BCUT2D eigenvalue weighted by Crippen LogP contribution is -2.43. The van der Waals surface area contributed by atoms with E-state index in [0.717, 1.165) is 36.3 Å². The first-order valence-corrected chi connectivity index (χ1v) is 7.24. The average molecular weight is 284 g/mol. The number of Topliss-reactive ketones (excluding diaryl/α,β-unsaturated/α-hetero) is 1. The van der Waals surface area contributed by atoms with Gasteiger partial charge < -0.3 is 9.30 Å². The summed E-state index contributed by atoms with van der Waals surface area (Å²) in [6, 6.07) is 1.94. The van der Waals surface area contributed by atoms with Gasteiger partial charge in [-0.15, -0.1) is 11.6 Å². The Morgan fingerprint density at radius 2 is 2.16 bits per heavy atom. The minimum Gasteiger partial charge on any atom is -0.376 e. The highest BCUT2D eigenvalue weighted by Crippen LogP contribution is 2.37. The number of aromatic nitrogens is 1. The Morgan fingerprint density at radius 1 is 1.53 bits per heavy atom. The first-order chi connectivity index (χ1) is 8.90. The average Bonchev–Trinajstić information content (AvgIpc) is 2.59. The number of hydrogen-bond donors (Lipinski definition) is 0. The van der Waals surface area contributed by atoms with Gasteiger partial charge in [0, 0.05) is 24.1 Å². The van der Waals surface area contributed by atoms with E-state index in [0.29, 0.717) is 0 Å². The summed E-state index contributed by atoms with van der Waals surface area (Å²) < 4.78 is 7.86. The molecule has 0 bridgehead atoms. The Kier molecular flexibility index (Phi) is 4.07. The van der Waals surface area contributed by atoms with Gasteiger partial charge in [0.15, 0.2) is 5.78 Å². The first kappa shape index (κ1) is 14.6. The van der Waals surface area contributed by atoms with Crippen LogP contribution in [0.25, 0.3) is 0 Å². The normalized spacial score (nSPS) is 19.0. The van der Waals surface area contributed by atoms with Crippen molar-refractivity contribution in [1.82, 2.24) is 4.57 Å². The third kappa shape index (κ3) is 2.59. The van der Waals surface area contributed by atoms with Crippen LogP contribution in [0.2, 0.25) is 0 Å². The lowest BCUT2D eigenvalue weighted by Gasteiger charge is -2.41. The lowest BCUT2D eigenvalue weighted by molar-refractivity contribution is -0.0840. The molecule has 1 aromatic rings. The highest BCUT2D eigenvalue weighted by Gasteiger charge is 2.38. The molecule has 0 amide bonds. The number of methoxy groups -OCH3 is 1. The molecule has 19 heavy (non-hydrogen) atoms. The maximum Gasteiger partial charge on any atom is 0.182 e. The van der Waals surface area contributed by atoms with Gasteiger partial charge in [0.05, 0.1) is 17.5 Å². The second kappa shape index (κ2) is 5.29. The molecular formula is C15H22ClNO2. The monoisotopic (exact) mass is 283 g/mol. The number of hydrogen-bond acceptors (Lipinski definition) is 2. The Balaban J connectivity index is 2.29. The molecule has 1 unspecified atom stereocenters. The predicted molar refractivity (Wildman–Crippen MR) is 77.1 cm³/mol. The molecule has 106 valence electrons. The van der Waals surface area contributed by atoms with Crippen molar-refractivity contribution >= 4 is 17.4 Å².